The van der Waals surface area contributed by atoms with Gasteiger partial charge in [0.1, 0.15) is 0 Å². The van der Waals surface area contributed by atoms with Gasteiger partial charge in [-0.3, -0.25) is 9.69 Å². The fourth-order valence-corrected chi connectivity index (χ4v) is 3.02. The van der Waals surface area contributed by atoms with Crippen molar-refractivity contribution >= 4 is 23.2 Å². The van der Waals surface area contributed by atoms with Gasteiger partial charge in [-0.25, -0.2) is 0 Å². The Labute approximate surface area is 126 Å². The number of rotatable bonds is 5. The minimum Gasteiger partial charge on any atom is -0.325 e. The van der Waals surface area contributed by atoms with Crippen LogP contribution in [0.3, 0.4) is 0 Å². The normalized spacial score (nSPS) is 19.8. The van der Waals surface area contributed by atoms with Gasteiger partial charge in [0.15, 0.2) is 0 Å². The quantitative estimate of drug-likeness (QED) is 0.892. The van der Waals surface area contributed by atoms with Crippen LogP contribution in [-0.2, 0) is 4.79 Å². The number of hydrogen-bond acceptors (Lipinski definition) is 2. The maximum absolute atomic E-state index is 12.0. The maximum atomic E-state index is 12.0. The first-order valence-corrected chi connectivity index (χ1v) is 7.87. The molecule has 2 rings (SSSR count). The van der Waals surface area contributed by atoms with Crippen molar-refractivity contribution in [3.63, 3.8) is 0 Å². The number of nitrogens with zero attached hydrogens (tertiary/aromatic N) is 1. The number of halogens is 1. The van der Waals surface area contributed by atoms with E-state index in [1.807, 2.05) is 18.2 Å². The van der Waals surface area contributed by atoms with Crippen molar-refractivity contribution in [1.29, 1.82) is 0 Å². The monoisotopic (exact) mass is 294 g/mol. The summed E-state index contributed by atoms with van der Waals surface area (Å²) in [5.74, 6) is 0.0403. The topological polar surface area (TPSA) is 32.3 Å². The molecule has 110 valence electrons. The Bertz CT molecular complexity index is 450. The predicted octanol–water partition coefficient (Wildman–Crippen LogP) is 3.93. The first-order chi connectivity index (χ1) is 9.70. The smallest absolute Gasteiger partial charge is 0.225 e. The third-order valence-electron chi connectivity index (χ3n) is 3.99. The lowest BCUT2D eigenvalue weighted by Gasteiger charge is -2.35. The van der Waals surface area contributed by atoms with Crippen LogP contribution < -0.4 is 5.32 Å². The molecule has 0 bridgehead atoms. The molecule has 1 fully saturated rings. The molecule has 1 unspecified atom stereocenters. The number of benzene rings is 1. The lowest BCUT2D eigenvalue weighted by molar-refractivity contribution is -0.116. The molecular formula is C16H23ClN2O. The Morgan fingerprint density at radius 3 is 2.95 bits per heavy atom. The summed E-state index contributed by atoms with van der Waals surface area (Å²) in [5, 5.41) is 3.47. The molecule has 1 aliphatic heterocycles. The Balaban J connectivity index is 1.81. The van der Waals surface area contributed by atoms with Crippen molar-refractivity contribution < 1.29 is 4.79 Å². The molecule has 1 N–H and O–H groups in total. The fourth-order valence-electron chi connectivity index (χ4n) is 2.84. The average Bonchev–Trinajstić information content (AvgIpc) is 2.48. The van der Waals surface area contributed by atoms with Crippen LogP contribution >= 0.6 is 11.6 Å². The molecule has 0 radical (unpaired) electrons. The number of piperidine rings is 1. The van der Waals surface area contributed by atoms with Crippen LogP contribution in [0.4, 0.5) is 5.69 Å². The van der Waals surface area contributed by atoms with Crippen LogP contribution in [0.25, 0.3) is 0 Å². The standard InChI is InChI=1S/C16H23ClN2O/c1-2-13-7-5-6-11-19(13)12-10-16(20)18-15-9-4-3-8-14(15)17/h3-4,8-9,13H,2,5-7,10-12H2,1H3,(H,18,20). The van der Waals surface area contributed by atoms with Gasteiger partial charge in [-0.2, -0.15) is 0 Å². The summed E-state index contributed by atoms with van der Waals surface area (Å²) < 4.78 is 0. The van der Waals surface area contributed by atoms with Crippen LogP contribution in [0.15, 0.2) is 24.3 Å². The molecule has 0 aliphatic carbocycles. The highest BCUT2D eigenvalue weighted by atomic mass is 35.5. The third-order valence-corrected chi connectivity index (χ3v) is 4.32. The van der Waals surface area contributed by atoms with E-state index in [1.54, 1.807) is 6.07 Å². The van der Waals surface area contributed by atoms with E-state index < -0.39 is 0 Å². The molecule has 0 spiro atoms. The van der Waals surface area contributed by atoms with E-state index in [-0.39, 0.29) is 5.91 Å². The molecule has 1 aromatic rings. The Morgan fingerprint density at radius 1 is 1.40 bits per heavy atom. The van der Waals surface area contributed by atoms with Crippen LogP contribution in [0.1, 0.15) is 39.0 Å². The van der Waals surface area contributed by atoms with E-state index in [0.29, 0.717) is 23.2 Å². The second kappa shape index (κ2) is 7.65. The van der Waals surface area contributed by atoms with E-state index >= 15 is 0 Å². The van der Waals surface area contributed by atoms with E-state index in [1.165, 1.54) is 25.7 Å². The lowest BCUT2D eigenvalue weighted by Crippen LogP contribution is -2.40. The number of amides is 1. The second-order valence-electron chi connectivity index (χ2n) is 5.37. The fraction of sp³-hybridized carbons (Fsp3) is 0.562. The highest BCUT2D eigenvalue weighted by Gasteiger charge is 2.21. The van der Waals surface area contributed by atoms with Crippen LogP contribution in [0, 0.1) is 0 Å². The average molecular weight is 295 g/mol. The van der Waals surface area contributed by atoms with Crippen molar-refractivity contribution in [1.82, 2.24) is 4.90 Å². The summed E-state index contributed by atoms with van der Waals surface area (Å²) in [6.07, 6.45) is 5.54. The van der Waals surface area contributed by atoms with Gasteiger partial charge in [0, 0.05) is 19.0 Å². The molecule has 20 heavy (non-hydrogen) atoms. The van der Waals surface area contributed by atoms with Crippen LogP contribution in [0.2, 0.25) is 5.02 Å². The van der Waals surface area contributed by atoms with E-state index in [4.69, 9.17) is 11.6 Å². The second-order valence-corrected chi connectivity index (χ2v) is 5.78. The van der Waals surface area contributed by atoms with Crippen molar-refractivity contribution in [3.05, 3.63) is 29.3 Å². The number of nitrogens with one attached hydrogen (secondary N) is 1. The summed E-state index contributed by atoms with van der Waals surface area (Å²) in [6.45, 7) is 4.19. The molecule has 0 aromatic heterocycles. The number of likely N-dealkylation sites (tertiary alicyclic amines) is 1. The Hall–Kier alpha value is -1.06. The van der Waals surface area contributed by atoms with Gasteiger partial charge >= 0.3 is 0 Å². The maximum Gasteiger partial charge on any atom is 0.225 e. The molecule has 1 aromatic carbocycles. The van der Waals surface area contributed by atoms with Gasteiger partial charge < -0.3 is 5.32 Å². The molecule has 4 heteroatoms. The zero-order valence-electron chi connectivity index (χ0n) is 12.1. The van der Waals surface area contributed by atoms with Gasteiger partial charge in [0.05, 0.1) is 10.7 Å². The highest BCUT2D eigenvalue weighted by Crippen LogP contribution is 2.22. The van der Waals surface area contributed by atoms with Crippen molar-refractivity contribution in [2.45, 2.75) is 45.1 Å². The minimum absolute atomic E-state index is 0.0403. The first-order valence-electron chi connectivity index (χ1n) is 7.49. The number of carbonyl (C=O) groups excluding carboxylic acids is 1. The number of carbonyl (C=O) groups is 1. The zero-order valence-corrected chi connectivity index (χ0v) is 12.8. The molecule has 1 atom stereocenters. The number of para-hydroxylation sites is 1. The van der Waals surface area contributed by atoms with Gasteiger partial charge in [-0.05, 0) is 37.9 Å². The zero-order chi connectivity index (χ0) is 14.4. The van der Waals surface area contributed by atoms with Gasteiger partial charge in [-0.15, -0.1) is 0 Å². The molecular weight excluding hydrogens is 272 g/mol. The van der Waals surface area contributed by atoms with Gasteiger partial charge in [0.2, 0.25) is 5.91 Å². The Morgan fingerprint density at radius 2 is 2.20 bits per heavy atom. The van der Waals surface area contributed by atoms with Crippen molar-refractivity contribution in [2.75, 3.05) is 18.4 Å². The molecule has 1 amide bonds. The largest absolute Gasteiger partial charge is 0.325 e. The third kappa shape index (κ3) is 4.22. The minimum atomic E-state index is 0.0403. The molecule has 1 saturated heterocycles. The van der Waals surface area contributed by atoms with E-state index in [2.05, 4.69) is 17.1 Å². The lowest BCUT2D eigenvalue weighted by atomic mass is 10.00. The first kappa shape index (κ1) is 15.3. The summed E-state index contributed by atoms with van der Waals surface area (Å²) >= 11 is 6.04. The summed E-state index contributed by atoms with van der Waals surface area (Å²) in [6, 6.07) is 8.00. The Kier molecular flexibility index (Phi) is 5.86. The molecule has 1 aliphatic rings. The molecule has 0 saturated carbocycles. The summed E-state index contributed by atoms with van der Waals surface area (Å²) in [7, 11) is 0. The summed E-state index contributed by atoms with van der Waals surface area (Å²) in [5.41, 5.74) is 0.699. The van der Waals surface area contributed by atoms with Crippen molar-refractivity contribution in [3.8, 4) is 0 Å². The molecule has 1 heterocycles. The van der Waals surface area contributed by atoms with E-state index in [9.17, 15) is 4.79 Å². The number of hydrogen-bond donors (Lipinski definition) is 1. The number of anilines is 1. The van der Waals surface area contributed by atoms with Gasteiger partial charge in [0.25, 0.3) is 0 Å². The highest BCUT2D eigenvalue weighted by molar-refractivity contribution is 6.33. The van der Waals surface area contributed by atoms with Gasteiger partial charge in [-0.1, -0.05) is 37.1 Å². The van der Waals surface area contributed by atoms with Crippen molar-refractivity contribution in [2.24, 2.45) is 0 Å². The SMILES string of the molecule is CCC1CCCCN1CCC(=O)Nc1ccccc1Cl. The predicted molar refractivity (Wildman–Crippen MR) is 84.2 cm³/mol. The van der Waals surface area contributed by atoms with E-state index in [0.717, 1.165) is 13.1 Å². The molecule has 3 nitrogen and oxygen atoms in total. The van der Waals surface area contributed by atoms with Crippen LogP contribution in [0.5, 0.6) is 0 Å². The summed E-state index contributed by atoms with van der Waals surface area (Å²) in [4.78, 5) is 14.5. The van der Waals surface area contributed by atoms with Crippen LogP contribution in [-0.4, -0.2) is 29.9 Å².